The average Bonchev–Trinajstić information content (AvgIpc) is 2.51. The van der Waals surface area contributed by atoms with Crippen molar-refractivity contribution in [1.82, 2.24) is 4.98 Å². The molecule has 0 amide bonds. The zero-order chi connectivity index (χ0) is 14.2. The molecule has 1 heterocycles. The minimum absolute atomic E-state index is 0.146. The molecule has 1 atom stereocenters. The minimum Gasteiger partial charge on any atom is -0.360 e. The van der Waals surface area contributed by atoms with Gasteiger partial charge in [0.2, 0.25) is 0 Å². The monoisotopic (exact) mass is 259 g/mol. The molecule has 0 radical (unpaired) electrons. The number of hydrogen-bond acceptors (Lipinski definition) is 2. The molecule has 1 aromatic rings. The van der Waals surface area contributed by atoms with Crippen LogP contribution in [0.15, 0.2) is 11.0 Å². The van der Waals surface area contributed by atoms with Crippen LogP contribution in [0.3, 0.4) is 0 Å². The lowest BCUT2D eigenvalue weighted by Crippen LogP contribution is -2.43. The molecule has 1 aliphatic rings. The summed E-state index contributed by atoms with van der Waals surface area (Å²) in [6.07, 6.45) is 7.42. The van der Waals surface area contributed by atoms with Gasteiger partial charge in [-0.05, 0) is 31.1 Å². The fourth-order valence-corrected chi connectivity index (χ4v) is 2.52. The van der Waals surface area contributed by atoms with Gasteiger partial charge in [-0.1, -0.05) is 32.9 Å². The van der Waals surface area contributed by atoms with Gasteiger partial charge >= 0.3 is 0 Å². The van der Waals surface area contributed by atoms with Crippen LogP contribution in [-0.2, 0) is 0 Å². The molecule has 19 heavy (non-hydrogen) atoms. The molecule has 0 saturated carbocycles. The molecule has 0 spiro atoms. The maximum absolute atomic E-state index is 12.3. The van der Waals surface area contributed by atoms with E-state index < -0.39 is 0 Å². The minimum atomic E-state index is -0.186. The van der Waals surface area contributed by atoms with Gasteiger partial charge < -0.3 is 4.98 Å². The van der Waals surface area contributed by atoms with Gasteiger partial charge in [-0.2, -0.15) is 0 Å². The third kappa shape index (κ3) is 2.70. The van der Waals surface area contributed by atoms with Crippen molar-refractivity contribution in [2.45, 2.75) is 40.5 Å². The van der Waals surface area contributed by atoms with Crippen molar-refractivity contribution in [3.8, 4) is 0 Å². The standard InChI is InChI=1S/C16H21NO2/c1-10(18)13-9-17-14-8-6-11(16(2,3)4)5-7-12(14)15(13)19/h7-9,11,17H,5-6H2,1-4H3. The molecule has 3 heteroatoms. The molecule has 1 N–H and O–H groups in total. The Bertz CT molecular complexity index is 674. The molecule has 0 aromatic carbocycles. The second-order valence-corrected chi connectivity index (χ2v) is 6.36. The molecule has 1 unspecified atom stereocenters. The van der Waals surface area contributed by atoms with E-state index in [0.29, 0.717) is 11.1 Å². The number of H-pyrrole nitrogens is 1. The van der Waals surface area contributed by atoms with Crippen molar-refractivity contribution in [2.24, 2.45) is 11.3 Å². The molecule has 0 saturated heterocycles. The lowest BCUT2D eigenvalue weighted by Gasteiger charge is -2.28. The van der Waals surface area contributed by atoms with Crippen LogP contribution in [0.2, 0.25) is 0 Å². The highest BCUT2D eigenvalue weighted by Crippen LogP contribution is 2.32. The highest BCUT2D eigenvalue weighted by Gasteiger charge is 2.23. The second-order valence-electron chi connectivity index (χ2n) is 6.36. The third-order valence-corrected chi connectivity index (χ3v) is 3.97. The number of nitrogens with one attached hydrogen (secondary N) is 1. The predicted octanol–water partition coefficient (Wildman–Crippen LogP) is 1.59. The number of Topliss-reactive ketones (excluding diaryl/α,β-unsaturated/α-hetero) is 1. The van der Waals surface area contributed by atoms with Crippen molar-refractivity contribution >= 4 is 17.9 Å². The Kier molecular flexibility index (Phi) is 3.48. The lowest BCUT2D eigenvalue weighted by molar-refractivity contribution is 0.101. The van der Waals surface area contributed by atoms with Gasteiger partial charge in [0.1, 0.15) is 0 Å². The maximum atomic E-state index is 12.3. The first-order valence-corrected chi connectivity index (χ1v) is 6.73. The molecular weight excluding hydrogens is 238 g/mol. The van der Waals surface area contributed by atoms with E-state index in [1.165, 1.54) is 13.1 Å². The van der Waals surface area contributed by atoms with Gasteiger partial charge in [-0.15, -0.1) is 0 Å². The molecule has 2 rings (SSSR count). The Labute approximate surface area is 113 Å². The van der Waals surface area contributed by atoms with Gasteiger partial charge in [-0.25, -0.2) is 0 Å². The summed E-state index contributed by atoms with van der Waals surface area (Å²) in [5, 5.41) is 1.50. The van der Waals surface area contributed by atoms with Crippen LogP contribution in [-0.4, -0.2) is 10.8 Å². The predicted molar refractivity (Wildman–Crippen MR) is 77.4 cm³/mol. The van der Waals surface area contributed by atoms with Gasteiger partial charge in [0.15, 0.2) is 11.2 Å². The smallest absolute Gasteiger partial charge is 0.199 e. The summed E-state index contributed by atoms with van der Waals surface area (Å²) >= 11 is 0. The largest absolute Gasteiger partial charge is 0.360 e. The van der Waals surface area contributed by atoms with E-state index in [2.05, 4.69) is 31.8 Å². The van der Waals surface area contributed by atoms with Crippen LogP contribution in [0, 0.1) is 11.3 Å². The molecular formula is C16H21NO2. The number of carbonyl (C=O) groups excluding carboxylic acids is 1. The van der Waals surface area contributed by atoms with E-state index in [9.17, 15) is 9.59 Å². The average molecular weight is 259 g/mol. The summed E-state index contributed by atoms with van der Waals surface area (Å²) in [7, 11) is 0. The normalized spacial score (nSPS) is 18.8. The van der Waals surface area contributed by atoms with E-state index >= 15 is 0 Å². The molecule has 0 bridgehead atoms. The van der Waals surface area contributed by atoms with Gasteiger partial charge in [0, 0.05) is 16.8 Å². The van der Waals surface area contributed by atoms with Crippen LogP contribution < -0.4 is 16.0 Å². The number of carbonyl (C=O) groups is 1. The summed E-state index contributed by atoms with van der Waals surface area (Å²) in [4.78, 5) is 26.8. The number of pyridine rings is 1. The number of aromatic amines is 1. The number of fused-ring (bicyclic) bond motifs is 1. The molecule has 0 aliphatic heterocycles. The lowest BCUT2D eigenvalue weighted by atomic mass is 9.77. The topological polar surface area (TPSA) is 49.9 Å². The Morgan fingerprint density at radius 2 is 1.89 bits per heavy atom. The summed E-state index contributed by atoms with van der Waals surface area (Å²) in [6.45, 7) is 8.09. The molecule has 102 valence electrons. The Morgan fingerprint density at radius 1 is 1.26 bits per heavy atom. The van der Waals surface area contributed by atoms with Crippen LogP contribution in [0.1, 0.15) is 50.9 Å². The number of hydrogen-bond donors (Lipinski definition) is 1. The van der Waals surface area contributed by atoms with Crippen LogP contribution >= 0.6 is 0 Å². The van der Waals surface area contributed by atoms with Gasteiger partial charge in [0.25, 0.3) is 0 Å². The number of ketones is 1. The zero-order valence-corrected chi connectivity index (χ0v) is 12.0. The fourth-order valence-electron chi connectivity index (χ4n) is 2.52. The van der Waals surface area contributed by atoms with Crippen molar-refractivity contribution < 1.29 is 4.79 Å². The van der Waals surface area contributed by atoms with Crippen molar-refractivity contribution in [3.05, 3.63) is 32.6 Å². The summed E-state index contributed by atoms with van der Waals surface area (Å²) in [5.41, 5.74) is 0.311. The van der Waals surface area contributed by atoms with E-state index in [0.717, 1.165) is 18.2 Å². The second kappa shape index (κ2) is 4.80. The summed E-state index contributed by atoms with van der Waals surface area (Å²) in [5.74, 6) is 0.322. The fraction of sp³-hybridized carbons (Fsp3) is 0.500. The first-order chi connectivity index (χ1) is 8.80. The Balaban J connectivity index is 2.59. The van der Waals surface area contributed by atoms with Crippen LogP contribution in [0.4, 0.5) is 0 Å². The first kappa shape index (κ1) is 13.8. The van der Waals surface area contributed by atoms with Crippen molar-refractivity contribution in [2.75, 3.05) is 0 Å². The van der Waals surface area contributed by atoms with Crippen molar-refractivity contribution in [3.63, 3.8) is 0 Å². The Hall–Kier alpha value is -1.64. The highest BCUT2D eigenvalue weighted by atomic mass is 16.1. The third-order valence-electron chi connectivity index (χ3n) is 3.97. The quantitative estimate of drug-likeness (QED) is 0.779. The van der Waals surface area contributed by atoms with Gasteiger partial charge in [0.05, 0.1) is 5.56 Å². The highest BCUT2D eigenvalue weighted by molar-refractivity contribution is 5.93. The molecule has 1 aliphatic carbocycles. The molecule has 1 aromatic heterocycles. The van der Waals surface area contributed by atoms with Gasteiger partial charge in [-0.3, -0.25) is 9.59 Å². The number of rotatable bonds is 1. The van der Waals surface area contributed by atoms with Crippen LogP contribution in [0.5, 0.6) is 0 Å². The SMILES string of the molecule is CC(=O)c1c[nH]c2c(c1=O)=CCC(C(C)(C)C)CC=2. The van der Waals surface area contributed by atoms with E-state index in [-0.39, 0.29) is 22.2 Å². The molecule has 0 fully saturated rings. The van der Waals surface area contributed by atoms with E-state index in [1.807, 2.05) is 6.08 Å². The van der Waals surface area contributed by atoms with Crippen LogP contribution in [0.25, 0.3) is 12.2 Å². The first-order valence-electron chi connectivity index (χ1n) is 6.73. The van der Waals surface area contributed by atoms with E-state index in [1.54, 1.807) is 0 Å². The van der Waals surface area contributed by atoms with Crippen molar-refractivity contribution in [1.29, 1.82) is 0 Å². The Morgan fingerprint density at radius 3 is 2.47 bits per heavy atom. The summed E-state index contributed by atoms with van der Waals surface area (Å²) < 4.78 is 0. The zero-order valence-electron chi connectivity index (χ0n) is 12.0. The maximum Gasteiger partial charge on any atom is 0.199 e. The summed E-state index contributed by atoms with van der Waals surface area (Å²) in [6, 6.07) is 0. The molecule has 3 nitrogen and oxygen atoms in total. The number of aromatic nitrogens is 1. The van der Waals surface area contributed by atoms with E-state index in [4.69, 9.17) is 0 Å².